The highest BCUT2D eigenvalue weighted by Gasteiger charge is 2.19. The molecule has 0 spiro atoms. The summed E-state index contributed by atoms with van der Waals surface area (Å²) in [5, 5.41) is 11.7. The van der Waals surface area contributed by atoms with Crippen molar-refractivity contribution in [2.75, 3.05) is 19.0 Å². The van der Waals surface area contributed by atoms with Crippen molar-refractivity contribution in [3.05, 3.63) is 53.4 Å². The van der Waals surface area contributed by atoms with Gasteiger partial charge in [0.2, 0.25) is 5.91 Å². The van der Waals surface area contributed by atoms with E-state index < -0.39 is 0 Å². The lowest BCUT2D eigenvalue weighted by Gasteiger charge is -2.22. The average Bonchev–Trinajstić information content (AvgIpc) is 2.87. The van der Waals surface area contributed by atoms with Crippen molar-refractivity contribution in [3.8, 4) is 12.3 Å². The number of benzene rings is 1. The monoisotopic (exact) mass is 466 g/mol. The Morgan fingerprint density at radius 2 is 2.15 bits per heavy atom. The first-order chi connectivity index (χ1) is 16.6. The Morgan fingerprint density at radius 3 is 2.88 bits per heavy atom. The minimum atomic E-state index is -0.346. The van der Waals surface area contributed by atoms with Gasteiger partial charge in [-0.3, -0.25) is 10.0 Å². The fourth-order valence-electron chi connectivity index (χ4n) is 3.33. The standard InChI is InChI=1S/C26H34N4O4/c1-4-20-11-10-12-22(17-20)29-25(5-2)28-19-27-21-14-15-23(24(18-21)33-3)34-16-9-7-6-8-13-26(31)30-32/h1,10-12,14,17-19,23,32H,5-9,13,15-16H2,2-3H3,(H,30,31)(H,27,28,29). The fourth-order valence-corrected chi connectivity index (χ4v) is 3.33. The maximum atomic E-state index is 11.0. The molecule has 1 unspecified atom stereocenters. The maximum Gasteiger partial charge on any atom is 0.243 e. The molecule has 3 N–H and O–H groups in total. The van der Waals surface area contributed by atoms with Crippen LogP contribution in [0.15, 0.2) is 57.9 Å². The van der Waals surface area contributed by atoms with Crippen LogP contribution in [0.2, 0.25) is 0 Å². The molecule has 2 rings (SSSR count). The zero-order chi connectivity index (χ0) is 24.6. The molecule has 0 bridgehead atoms. The van der Waals surface area contributed by atoms with Crippen molar-refractivity contribution < 1.29 is 19.5 Å². The highest BCUT2D eigenvalue weighted by Crippen LogP contribution is 2.22. The number of carbonyl (C=O) groups is 1. The van der Waals surface area contributed by atoms with Gasteiger partial charge < -0.3 is 14.8 Å². The number of anilines is 1. The molecule has 0 saturated carbocycles. The molecule has 0 aliphatic heterocycles. The van der Waals surface area contributed by atoms with E-state index >= 15 is 0 Å². The van der Waals surface area contributed by atoms with E-state index in [2.05, 4.69) is 21.2 Å². The van der Waals surface area contributed by atoms with Gasteiger partial charge in [-0.05, 0) is 31.0 Å². The molecule has 1 aromatic rings. The summed E-state index contributed by atoms with van der Waals surface area (Å²) >= 11 is 0. The summed E-state index contributed by atoms with van der Waals surface area (Å²) in [6.07, 6.45) is 16.0. The normalized spacial score (nSPS) is 15.9. The van der Waals surface area contributed by atoms with Crippen LogP contribution in [0.5, 0.6) is 0 Å². The molecule has 8 heteroatoms. The third kappa shape index (κ3) is 9.61. The topological polar surface area (TPSA) is 105 Å². The molecular weight excluding hydrogens is 432 g/mol. The summed E-state index contributed by atoms with van der Waals surface area (Å²) in [6, 6.07) is 7.62. The van der Waals surface area contributed by atoms with Gasteiger partial charge in [-0.1, -0.05) is 37.8 Å². The predicted octanol–water partition coefficient (Wildman–Crippen LogP) is 4.58. The summed E-state index contributed by atoms with van der Waals surface area (Å²) in [5.74, 6) is 3.79. The number of aliphatic imine (C=N–C) groups is 2. The second-order valence-electron chi connectivity index (χ2n) is 7.70. The molecule has 1 aliphatic carbocycles. The third-order valence-electron chi connectivity index (χ3n) is 5.20. The average molecular weight is 467 g/mol. The van der Waals surface area contributed by atoms with Crippen molar-refractivity contribution in [2.24, 2.45) is 9.98 Å². The first-order valence-electron chi connectivity index (χ1n) is 11.5. The molecule has 1 aliphatic rings. The van der Waals surface area contributed by atoms with Crippen LogP contribution < -0.4 is 10.8 Å². The number of hydrogen-bond acceptors (Lipinski definition) is 5. The maximum absolute atomic E-state index is 11.0. The number of ether oxygens (including phenoxy) is 2. The van der Waals surface area contributed by atoms with Gasteiger partial charge in [0.05, 0.1) is 12.8 Å². The molecule has 0 aromatic heterocycles. The van der Waals surface area contributed by atoms with Gasteiger partial charge in [0.25, 0.3) is 0 Å². The number of nitrogens with zero attached hydrogens (tertiary/aromatic N) is 2. The Labute approximate surface area is 201 Å². The number of methoxy groups -OCH3 is 1. The van der Waals surface area contributed by atoms with Crippen LogP contribution in [-0.4, -0.2) is 43.1 Å². The number of amidine groups is 1. The van der Waals surface area contributed by atoms with Crippen molar-refractivity contribution in [3.63, 3.8) is 0 Å². The van der Waals surface area contributed by atoms with E-state index in [1.807, 2.05) is 43.3 Å². The van der Waals surface area contributed by atoms with E-state index in [0.717, 1.165) is 60.6 Å². The molecular formula is C26H34N4O4. The zero-order valence-corrected chi connectivity index (χ0v) is 19.9. The Kier molecular flexibility index (Phi) is 12.2. The summed E-state index contributed by atoms with van der Waals surface area (Å²) in [4.78, 5) is 19.9. The second kappa shape index (κ2) is 15.4. The van der Waals surface area contributed by atoms with Crippen LogP contribution in [0, 0.1) is 12.3 Å². The van der Waals surface area contributed by atoms with Crippen molar-refractivity contribution in [1.82, 2.24) is 5.48 Å². The van der Waals surface area contributed by atoms with E-state index in [1.165, 1.54) is 6.34 Å². The summed E-state index contributed by atoms with van der Waals surface area (Å²) in [7, 11) is 1.63. The summed E-state index contributed by atoms with van der Waals surface area (Å²) < 4.78 is 11.5. The number of nitrogens with one attached hydrogen (secondary N) is 2. The van der Waals surface area contributed by atoms with Crippen LogP contribution in [-0.2, 0) is 14.3 Å². The van der Waals surface area contributed by atoms with Gasteiger partial charge in [0.1, 0.15) is 24.0 Å². The molecule has 1 atom stereocenters. The number of hydrogen-bond donors (Lipinski definition) is 3. The van der Waals surface area contributed by atoms with Crippen molar-refractivity contribution in [1.29, 1.82) is 0 Å². The summed E-state index contributed by atoms with van der Waals surface area (Å²) in [6.45, 7) is 2.63. The molecule has 0 saturated heterocycles. The second-order valence-corrected chi connectivity index (χ2v) is 7.70. The van der Waals surface area contributed by atoms with Gasteiger partial charge >= 0.3 is 0 Å². The predicted molar refractivity (Wildman–Crippen MR) is 135 cm³/mol. The number of hydroxylamine groups is 1. The number of terminal acetylenes is 1. The fraction of sp³-hybridized carbons (Fsp3) is 0.423. The first-order valence-corrected chi connectivity index (χ1v) is 11.5. The van der Waals surface area contributed by atoms with Gasteiger partial charge in [0, 0.05) is 43.2 Å². The largest absolute Gasteiger partial charge is 0.498 e. The molecule has 0 fully saturated rings. The lowest BCUT2D eigenvalue weighted by Crippen LogP contribution is -2.20. The minimum absolute atomic E-state index is 0.135. The van der Waals surface area contributed by atoms with Crippen LogP contribution in [0.25, 0.3) is 0 Å². The number of unbranched alkanes of at least 4 members (excludes halogenated alkanes) is 3. The van der Waals surface area contributed by atoms with E-state index in [9.17, 15) is 4.79 Å². The van der Waals surface area contributed by atoms with Crippen molar-refractivity contribution in [2.45, 2.75) is 58.0 Å². The van der Waals surface area contributed by atoms with Crippen molar-refractivity contribution >= 4 is 23.8 Å². The minimum Gasteiger partial charge on any atom is -0.498 e. The Morgan fingerprint density at radius 1 is 1.32 bits per heavy atom. The third-order valence-corrected chi connectivity index (χ3v) is 5.20. The Bertz CT molecular complexity index is 960. The van der Waals surface area contributed by atoms with Crippen LogP contribution in [0.1, 0.15) is 57.4 Å². The zero-order valence-electron chi connectivity index (χ0n) is 19.9. The highest BCUT2D eigenvalue weighted by molar-refractivity contribution is 5.99. The quantitative estimate of drug-likeness (QED) is 0.0986. The van der Waals surface area contributed by atoms with Gasteiger partial charge in [-0.2, -0.15) is 0 Å². The molecule has 182 valence electrons. The number of amides is 1. The van der Waals surface area contributed by atoms with E-state index in [0.29, 0.717) is 19.4 Å². The molecule has 0 radical (unpaired) electrons. The number of rotatable bonds is 13. The number of allylic oxidation sites excluding steroid dienone is 1. The molecule has 1 aromatic carbocycles. The van der Waals surface area contributed by atoms with Crippen LogP contribution >= 0.6 is 0 Å². The Hall–Kier alpha value is -3.41. The van der Waals surface area contributed by atoms with E-state index in [1.54, 1.807) is 12.6 Å². The van der Waals surface area contributed by atoms with Gasteiger partial charge in [0.15, 0.2) is 0 Å². The first kappa shape index (κ1) is 26.8. The lowest BCUT2D eigenvalue weighted by atomic mass is 10.1. The molecule has 8 nitrogen and oxygen atoms in total. The SMILES string of the molecule is C#Cc1cccc(NC(CC)=NC=NC2=CCC(OCCCCCCC(=O)NO)C(OC)=C2)c1. The number of carbonyl (C=O) groups excluding carboxylic acids is 1. The van der Waals surface area contributed by atoms with E-state index in [4.69, 9.17) is 21.1 Å². The molecule has 1 amide bonds. The van der Waals surface area contributed by atoms with Crippen LogP contribution in [0.3, 0.4) is 0 Å². The van der Waals surface area contributed by atoms with E-state index in [-0.39, 0.29) is 12.0 Å². The summed E-state index contributed by atoms with van der Waals surface area (Å²) in [5.41, 5.74) is 4.11. The Balaban J connectivity index is 1.80. The molecule has 34 heavy (non-hydrogen) atoms. The molecule has 0 heterocycles. The lowest BCUT2D eigenvalue weighted by molar-refractivity contribution is -0.129. The van der Waals surface area contributed by atoms with Gasteiger partial charge in [-0.25, -0.2) is 15.5 Å². The highest BCUT2D eigenvalue weighted by atomic mass is 16.5. The van der Waals surface area contributed by atoms with Crippen LogP contribution in [0.4, 0.5) is 5.69 Å². The van der Waals surface area contributed by atoms with Gasteiger partial charge in [-0.15, -0.1) is 6.42 Å². The smallest absolute Gasteiger partial charge is 0.243 e.